The lowest BCUT2D eigenvalue weighted by Gasteiger charge is -2.24. The first kappa shape index (κ1) is 11.0. The summed E-state index contributed by atoms with van der Waals surface area (Å²) in [6.45, 7) is 3.61. The highest BCUT2D eigenvalue weighted by Gasteiger charge is 2.45. The van der Waals surface area contributed by atoms with Crippen molar-refractivity contribution in [2.24, 2.45) is 0 Å². The molecule has 0 aliphatic heterocycles. The van der Waals surface area contributed by atoms with E-state index in [2.05, 4.69) is 0 Å². The topological polar surface area (TPSA) is 83.6 Å². The molecule has 2 atom stereocenters. The molecular weight excluding hydrogens is 210 g/mol. The largest absolute Gasteiger partial charge is 0.389 e. The van der Waals surface area contributed by atoms with Gasteiger partial charge in [0.25, 0.3) is 5.69 Å². The Morgan fingerprint density at radius 3 is 2.56 bits per heavy atom. The predicted molar refractivity (Wildman–Crippen MR) is 57.1 cm³/mol. The van der Waals surface area contributed by atoms with Crippen molar-refractivity contribution in [2.45, 2.75) is 31.5 Å². The third-order valence-corrected chi connectivity index (χ3v) is 3.30. The van der Waals surface area contributed by atoms with Crippen LogP contribution in [0.15, 0.2) is 18.2 Å². The van der Waals surface area contributed by atoms with E-state index in [1.165, 1.54) is 12.1 Å². The lowest BCUT2D eigenvalue weighted by Crippen LogP contribution is -2.31. The number of non-ortho nitro benzene ring substituents is 1. The first-order valence-electron chi connectivity index (χ1n) is 5.00. The Kier molecular flexibility index (Phi) is 2.25. The Morgan fingerprint density at radius 2 is 2.00 bits per heavy atom. The number of fused-ring (bicyclic) bond motifs is 1. The van der Waals surface area contributed by atoms with Gasteiger partial charge in [0.15, 0.2) is 0 Å². The third kappa shape index (κ3) is 1.32. The minimum atomic E-state index is -1.05. The fraction of sp³-hybridized carbons (Fsp3) is 0.455. The Hall–Kier alpha value is -1.46. The zero-order chi connectivity index (χ0) is 12.1. The average molecular weight is 223 g/mol. The van der Waals surface area contributed by atoms with Crippen molar-refractivity contribution in [3.05, 3.63) is 39.4 Å². The second-order valence-electron chi connectivity index (χ2n) is 4.64. The average Bonchev–Trinajstić information content (AvgIpc) is 2.40. The molecular formula is C11H13NO4. The zero-order valence-electron chi connectivity index (χ0n) is 9.04. The maximum atomic E-state index is 10.6. The molecule has 86 valence electrons. The van der Waals surface area contributed by atoms with Crippen LogP contribution in [0.2, 0.25) is 0 Å². The number of aliphatic hydroxyl groups is 2. The van der Waals surface area contributed by atoms with Crippen LogP contribution < -0.4 is 0 Å². The smallest absolute Gasteiger partial charge is 0.269 e. The number of nitrogens with zero attached hydrogens (tertiary/aromatic N) is 1. The van der Waals surface area contributed by atoms with Gasteiger partial charge in [0.2, 0.25) is 0 Å². The molecule has 5 heteroatoms. The van der Waals surface area contributed by atoms with Crippen molar-refractivity contribution in [3.63, 3.8) is 0 Å². The quantitative estimate of drug-likeness (QED) is 0.555. The maximum absolute atomic E-state index is 10.6. The number of nitro benzene ring substituents is 1. The normalized spacial score (nSPS) is 26.5. The summed E-state index contributed by atoms with van der Waals surface area (Å²) in [4.78, 5) is 10.1. The monoisotopic (exact) mass is 223 g/mol. The first-order chi connectivity index (χ1) is 7.35. The summed E-state index contributed by atoms with van der Waals surface area (Å²) in [7, 11) is 0. The van der Waals surface area contributed by atoms with E-state index < -0.39 is 22.5 Å². The van der Waals surface area contributed by atoms with Gasteiger partial charge in [0, 0.05) is 17.5 Å². The molecule has 0 saturated heterocycles. The lowest BCUT2D eigenvalue weighted by atomic mass is 9.84. The number of aliphatic hydroxyl groups excluding tert-OH is 2. The Labute approximate surface area is 92.5 Å². The number of hydrogen-bond donors (Lipinski definition) is 2. The van der Waals surface area contributed by atoms with Gasteiger partial charge in [-0.3, -0.25) is 10.1 Å². The van der Waals surface area contributed by atoms with Gasteiger partial charge in [0.05, 0.1) is 11.0 Å². The summed E-state index contributed by atoms with van der Waals surface area (Å²) in [6.07, 6.45) is -1.98. The molecule has 16 heavy (non-hydrogen) atoms. The predicted octanol–water partition coefficient (Wildman–Crippen LogP) is 1.28. The van der Waals surface area contributed by atoms with E-state index in [0.29, 0.717) is 5.56 Å². The van der Waals surface area contributed by atoms with Crippen molar-refractivity contribution in [1.29, 1.82) is 0 Å². The molecule has 0 aromatic heterocycles. The molecule has 0 spiro atoms. The van der Waals surface area contributed by atoms with Crippen LogP contribution in [0.5, 0.6) is 0 Å². The van der Waals surface area contributed by atoms with Crippen LogP contribution in [0.3, 0.4) is 0 Å². The molecule has 5 nitrogen and oxygen atoms in total. The van der Waals surface area contributed by atoms with Crippen molar-refractivity contribution < 1.29 is 15.1 Å². The second-order valence-corrected chi connectivity index (χ2v) is 4.64. The summed E-state index contributed by atoms with van der Waals surface area (Å²) >= 11 is 0. The van der Waals surface area contributed by atoms with Crippen molar-refractivity contribution in [1.82, 2.24) is 0 Å². The van der Waals surface area contributed by atoms with Crippen LogP contribution >= 0.6 is 0 Å². The van der Waals surface area contributed by atoms with E-state index in [4.69, 9.17) is 0 Å². The molecule has 0 saturated carbocycles. The van der Waals surface area contributed by atoms with E-state index in [9.17, 15) is 20.3 Å². The number of rotatable bonds is 1. The second kappa shape index (κ2) is 3.26. The highest BCUT2D eigenvalue weighted by molar-refractivity contribution is 5.49. The summed E-state index contributed by atoms with van der Waals surface area (Å²) < 4.78 is 0. The van der Waals surface area contributed by atoms with Crippen molar-refractivity contribution >= 4 is 5.69 Å². The molecule has 0 heterocycles. The number of benzene rings is 1. The fourth-order valence-corrected chi connectivity index (χ4v) is 2.22. The molecule has 1 aromatic rings. The van der Waals surface area contributed by atoms with Gasteiger partial charge in [-0.1, -0.05) is 19.9 Å². The van der Waals surface area contributed by atoms with Crippen LogP contribution in [-0.4, -0.2) is 21.2 Å². The zero-order valence-corrected chi connectivity index (χ0v) is 9.04. The molecule has 0 bridgehead atoms. The first-order valence-corrected chi connectivity index (χ1v) is 5.00. The molecule has 2 rings (SSSR count). The van der Waals surface area contributed by atoms with Crippen LogP contribution in [0.4, 0.5) is 5.69 Å². The van der Waals surface area contributed by atoms with Crippen molar-refractivity contribution in [3.8, 4) is 0 Å². The van der Waals surface area contributed by atoms with E-state index in [1.54, 1.807) is 19.9 Å². The van der Waals surface area contributed by atoms with Gasteiger partial charge in [-0.15, -0.1) is 0 Å². The van der Waals surface area contributed by atoms with Gasteiger partial charge in [-0.2, -0.15) is 0 Å². The molecule has 2 N–H and O–H groups in total. The summed E-state index contributed by atoms with van der Waals surface area (Å²) in [5.74, 6) is 0. The number of hydrogen-bond acceptors (Lipinski definition) is 4. The van der Waals surface area contributed by atoms with Crippen molar-refractivity contribution in [2.75, 3.05) is 0 Å². The lowest BCUT2D eigenvalue weighted by molar-refractivity contribution is -0.385. The minimum Gasteiger partial charge on any atom is -0.389 e. The molecule has 0 fully saturated rings. The van der Waals surface area contributed by atoms with E-state index >= 15 is 0 Å². The fourth-order valence-electron chi connectivity index (χ4n) is 2.22. The highest BCUT2D eigenvalue weighted by atomic mass is 16.6. The Morgan fingerprint density at radius 1 is 1.38 bits per heavy atom. The molecule has 0 radical (unpaired) electrons. The molecule has 1 aliphatic rings. The van der Waals surface area contributed by atoms with E-state index in [1.807, 2.05) is 0 Å². The Bertz CT molecular complexity index is 455. The highest BCUT2D eigenvalue weighted by Crippen LogP contribution is 2.45. The summed E-state index contributed by atoms with van der Waals surface area (Å²) in [6, 6.07) is 4.33. The van der Waals surface area contributed by atoms with Crippen LogP contribution in [0.1, 0.15) is 31.1 Å². The van der Waals surface area contributed by atoms with E-state index in [-0.39, 0.29) is 5.69 Å². The molecule has 1 aliphatic carbocycles. The Balaban J connectivity index is 2.59. The van der Waals surface area contributed by atoms with Gasteiger partial charge in [-0.05, 0) is 11.1 Å². The third-order valence-electron chi connectivity index (χ3n) is 3.30. The summed E-state index contributed by atoms with van der Waals surface area (Å²) in [5.41, 5.74) is 0.566. The summed E-state index contributed by atoms with van der Waals surface area (Å²) in [5, 5.41) is 30.3. The van der Waals surface area contributed by atoms with Crippen LogP contribution in [0.25, 0.3) is 0 Å². The maximum Gasteiger partial charge on any atom is 0.269 e. The van der Waals surface area contributed by atoms with E-state index in [0.717, 1.165) is 5.56 Å². The SMILES string of the molecule is CC1(C)c2ccc([N+](=O)[O-])cc2C(O)C1O. The minimum absolute atomic E-state index is 0.0669. The van der Waals surface area contributed by atoms with Gasteiger partial charge < -0.3 is 10.2 Å². The molecule has 2 unspecified atom stereocenters. The van der Waals surface area contributed by atoms with Gasteiger partial charge in [0.1, 0.15) is 6.10 Å². The molecule has 1 aromatic carbocycles. The van der Waals surface area contributed by atoms with Gasteiger partial charge in [-0.25, -0.2) is 0 Å². The molecule has 0 amide bonds. The van der Waals surface area contributed by atoms with Crippen LogP contribution in [0, 0.1) is 10.1 Å². The standard InChI is InChI=1S/C11H13NO4/c1-11(2)8-4-3-6(12(15)16)5-7(8)9(13)10(11)14/h3-5,9-10,13-14H,1-2H3. The number of nitro groups is 1. The van der Waals surface area contributed by atoms with Crippen LogP contribution in [-0.2, 0) is 5.41 Å². The van der Waals surface area contributed by atoms with Gasteiger partial charge >= 0.3 is 0 Å².